The van der Waals surface area contributed by atoms with Crippen LogP contribution in [0.3, 0.4) is 0 Å². The molecule has 4 heterocycles. The number of aliphatic hydroxyl groups excluding tert-OH is 1. The van der Waals surface area contributed by atoms with Crippen molar-refractivity contribution >= 4 is 40.5 Å². The van der Waals surface area contributed by atoms with E-state index in [-0.39, 0.29) is 42.2 Å². The maximum atomic E-state index is 14.2. The molecule has 3 amide bonds. The summed E-state index contributed by atoms with van der Waals surface area (Å²) in [6, 6.07) is 16.6. The van der Waals surface area contributed by atoms with Gasteiger partial charge in [0.25, 0.3) is 0 Å². The quantitative estimate of drug-likeness (QED) is 0.299. The highest BCUT2D eigenvalue weighted by Gasteiger charge is 2.75. The Balaban J connectivity index is 1.26. The van der Waals surface area contributed by atoms with Gasteiger partial charge in [-0.1, -0.05) is 54.6 Å². The summed E-state index contributed by atoms with van der Waals surface area (Å²) in [7, 11) is 0. The molecule has 11 heteroatoms. The Hall–Kier alpha value is -3.44. The fourth-order valence-corrected chi connectivity index (χ4v) is 9.54. The first kappa shape index (κ1) is 27.7. The maximum Gasteiger partial charge on any atom is 0.245 e. The second kappa shape index (κ2) is 11.4. The van der Waals surface area contributed by atoms with Crippen molar-refractivity contribution in [1.29, 1.82) is 0 Å². The Labute approximate surface area is 243 Å². The molecule has 1 spiro atoms. The van der Waals surface area contributed by atoms with E-state index >= 15 is 0 Å². The summed E-state index contributed by atoms with van der Waals surface area (Å²) in [5.41, 5.74) is 2.55. The second-order valence-electron chi connectivity index (χ2n) is 11.3. The molecular formula is C30H36N6O4S. The van der Waals surface area contributed by atoms with Crippen molar-refractivity contribution in [3.05, 3.63) is 60.2 Å². The number of aromatic nitrogens is 3. The smallest absolute Gasteiger partial charge is 0.245 e. The predicted octanol–water partition coefficient (Wildman–Crippen LogP) is 2.32. The zero-order chi connectivity index (χ0) is 28.6. The van der Waals surface area contributed by atoms with Crippen molar-refractivity contribution < 1.29 is 19.5 Å². The molecule has 3 aliphatic rings. The van der Waals surface area contributed by atoms with Gasteiger partial charge >= 0.3 is 0 Å². The van der Waals surface area contributed by atoms with Crippen LogP contribution in [0.4, 0.5) is 0 Å². The molecule has 2 bridgehead atoms. The summed E-state index contributed by atoms with van der Waals surface area (Å²) in [6.07, 6.45) is 2.86. The lowest BCUT2D eigenvalue weighted by Gasteiger charge is -2.38. The van der Waals surface area contributed by atoms with Crippen LogP contribution < -0.4 is 10.6 Å². The maximum absolute atomic E-state index is 14.2. The van der Waals surface area contributed by atoms with Crippen LogP contribution in [0.5, 0.6) is 0 Å². The minimum atomic E-state index is -0.694. The van der Waals surface area contributed by atoms with E-state index in [9.17, 15) is 19.5 Å². The van der Waals surface area contributed by atoms with Crippen molar-refractivity contribution in [3.63, 3.8) is 0 Å². The third kappa shape index (κ3) is 4.78. The molecule has 3 N–H and O–H groups in total. The number of carbonyl (C=O) groups is 3. The van der Waals surface area contributed by atoms with Crippen LogP contribution in [0, 0.1) is 17.8 Å². The van der Waals surface area contributed by atoms with Gasteiger partial charge in [-0.2, -0.15) is 0 Å². The monoisotopic (exact) mass is 576 g/mol. The molecule has 6 rings (SSSR count). The number of amides is 3. The van der Waals surface area contributed by atoms with E-state index in [2.05, 4.69) is 27.9 Å². The SMILES string of the molecule is CC1C[C@H]2SC13C(C(=O)NCn1nnc4ccccc41)N(CCCCCO)C(=O)[C@@H]3[C@H]2C(=O)NCc1ccccc1. The zero-order valence-electron chi connectivity index (χ0n) is 23.1. The Bertz CT molecular complexity index is 1430. The topological polar surface area (TPSA) is 129 Å². The van der Waals surface area contributed by atoms with Crippen molar-refractivity contribution in [3.8, 4) is 0 Å². The van der Waals surface area contributed by atoms with E-state index in [1.54, 1.807) is 21.3 Å². The van der Waals surface area contributed by atoms with Crippen LogP contribution in [0.25, 0.3) is 11.0 Å². The predicted molar refractivity (Wildman–Crippen MR) is 155 cm³/mol. The van der Waals surface area contributed by atoms with Crippen molar-refractivity contribution in [2.75, 3.05) is 13.2 Å². The van der Waals surface area contributed by atoms with E-state index in [1.165, 1.54) is 0 Å². The molecule has 3 aromatic rings. The molecule has 0 radical (unpaired) electrons. The average Bonchev–Trinajstić information content (AvgIpc) is 3.71. The van der Waals surface area contributed by atoms with Gasteiger partial charge in [-0.3, -0.25) is 14.4 Å². The molecule has 1 aromatic heterocycles. The lowest BCUT2D eigenvalue weighted by molar-refractivity contribution is -0.140. The summed E-state index contributed by atoms with van der Waals surface area (Å²) < 4.78 is 0.968. The zero-order valence-corrected chi connectivity index (χ0v) is 23.9. The molecule has 41 heavy (non-hydrogen) atoms. The van der Waals surface area contributed by atoms with Crippen LogP contribution in [-0.4, -0.2) is 71.9 Å². The number of carbonyl (C=O) groups excluding carboxylic acids is 3. The molecule has 216 valence electrons. The number of fused-ring (bicyclic) bond motifs is 2. The molecular weight excluding hydrogens is 540 g/mol. The lowest BCUT2D eigenvalue weighted by Crippen LogP contribution is -2.56. The van der Waals surface area contributed by atoms with E-state index in [4.69, 9.17) is 0 Å². The van der Waals surface area contributed by atoms with Gasteiger partial charge in [0.2, 0.25) is 17.7 Å². The van der Waals surface area contributed by atoms with Gasteiger partial charge in [-0.25, -0.2) is 4.68 Å². The number of thioether (sulfide) groups is 1. The van der Waals surface area contributed by atoms with Crippen LogP contribution in [0.15, 0.2) is 54.6 Å². The van der Waals surface area contributed by atoms with Crippen LogP contribution >= 0.6 is 11.8 Å². The number of benzene rings is 2. The van der Waals surface area contributed by atoms with E-state index in [0.717, 1.165) is 29.4 Å². The largest absolute Gasteiger partial charge is 0.396 e. The van der Waals surface area contributed by atoms with Gasteiger partial charge in [-0.15, -0.1) is 16.9 Å². The first-order chi connectivity index (χ1) is 20.0. The number of hydrogen-bond acceptors (Lipinski definition) is 7. The number of rotatable bonds is 11. The first-order valence-corrected chi connectivity index (χ1v) is 15.3. The highest BCUT2D eigenvalue weighted by Crippen LogP contribution is 2.68. The van der Waals surface area contributed by atoms with Crippen molar-refractivity contribution in [1.82, 2.24) is 30.5 Å². The molecule has 6 atom stereocenters. The summed E-state index contributed by atoms with van der Waals surface area (Å²) in [4.78, 5) is 43.6. The van der Waals surface area contributed by atoms with E-state index < -0.39 is 22.6 Å². The van der Waals surface area contributed by atoms with Crippen LogP contribution in [-0.2, 0) is 27.6 Å². The standard InChI is InChI=1S/C30H36N6O4S/c1-19-16-23-24(27(38)31-17-20-10-4-2-5-11-20)25-29(40)35(14-8-3-9-15-37)26(30(19,25)41-23)28(39)32-18-36-22-13-7-6-12-21(22)33-34-36/h2,4-7,10-13,19,23-26,37H,3,8-9,14-18H2,1H3,(H,31,38)(H,32,39)/t19?,23-,24+,25+,26?,30?/m1/s1. The summed E-state index contributed by atoms with van der Waals surface area (Å²) >= 11 is 1.67. The van der Waals surface area contributed by atoms with Gasteiger partial charge in [0, 0.05) is 24.9 Å². The molecule has 0 saturated carbocycles. The molecule has 0 aliphatic carbocycles. The number of para-hydroxylation sites is 1. The second-order valence-corrected chi connectivity index (χ2v) is 12.9. The summed E-state index contributed by atoms with van der Waals surface area (Å²) in [5, 5.41) is 23.7. The number of likely N-dealkylation sites (tertiary alicyclic amines) is 1. The fourth-order valence-electron chi connectivity index (χ4n) is 7.12. The van der Waals surface area contributed by atoms with Crippen LogP contribution in [0.1, 0.15) is 38.2 Å². The van der Waals surface area contributed by atoms with Crippen molar-refractivity contribution in [2.24, 2.45) is 17.8 Å². The van der Waals surface area contributed by atoms with Crippen LogP contribution in [0.2, 0.25) is 0 Å². The van der Waals surface area contributed by atoms with Gasteiger partial charge in [0.1, 0.15) is 18.2 Å². The minimum absolute atomic E-state index is 0.0131. The molecule has 3 aliphatic heterocycles. The number of nitrogens with one attached hydrogen (secondary N) is 2. The average molecular weight is 577 g/mol. The van der Waals surface area contributed by atoms with Gasteiger partial charge in [0.15, 0.2) is 0 Å². The van der Waals surface area contributed by atoms with Gasteiger partial charge in [0.05, 0.1) is 22.1 Å². The molecule has 2 aromatic carbocycles. The fraction of sp³-hybridized carbons (Fsp3) is 0.500. The Morgan fingerprint density at radius 2 is 1.83 bits per heavy atom. The summed E-state index contributed by atoms with van der Waals surface area (Å²) in [5.74, 6) is -1.40. The number of unbranched alkanes of at least 4 members (excludes halogenated alkanes) is 2. The molecule has 3 saturated heterocycles. The normalized spacial score (nSPS) is 28.3. The van der Waals surface area contributed by atoms with Gasteiger partial charge < -0.3 is 20.6 Å². The van der Waals surface area contributed by atoms with E-state index in [1.807, 2.05) is 54.6 Å². The lowest BCUT2D eigenvalue weighted by atomic mass is 9.66. The Morgan fingerprint density at radius 1 is 1.05 bits per heavy atom. The number of nitrogens with zero attached hydrogens (tertiary/aromatic N) is 4. The minimum Gasteiger partial charge on any atom is -0.396 e. The molecule has 10 nitrogen and oxygen atoms in total. The molecule has 3 fully saturated rings. The third-order valence-corrected chi connectivity index (χ3v) is 11.1. The Morgan fingerprint density at radius 3 is 2.63 bits per heavy atom. The summed E-state index contributed by atoms with van der Waals surface area (Å²) in [6.45, 7) is 3.16. The number of aliphatic hydroxyl groups is 1. The highest BCUT2D eigenvalue weighted by atomic mass is 32.2. The van der Waals surface area contributed by atoms with Gasteiger partial charge in [-0.05, 0) is 49.3 Å². The molecule has 3 unspecified atom stereocenters. The number of hydrogen-bond donors (Lipinski definition) is 3. The third-order valence-electron chi connectivity index (χ3n) is 8.99. The van der Waals surface area contributed by atoms with Crippen molar-refractivity contribution in [2.45, 2.75) is 61.9 Å². The Kier molecular flexibility index (Phi) is 7.74. The van der Waals surface area contributed by atoms with E-state index in [0.29, 0.717) is 25.9 Å². The first-order valence-electron chi connectivity index (χ1n) is 14.4. The highest BCUT2D eigenvalue weighted by molar-refractivity contribution is 8.02.